The van der Waals surface area contributed by atoms with E-state index in [1.54, 1.807) is 11.8 Å². The summed E-state index contributed by atoms with van der Waals surface area (Å²) in [4.78, 5) is 12.9. The summed E-state index contributed by atoms with van der Waals surface area (Å²) in [6.45, 7) is 5.03. The SMILES string of the molecule is CSc1ccc(C(=O)COCCOC(C)C)cc1. The number of ketones is 1. The number of hydrogen-bond acceptors (Lipinski definition) is 4. The molecule has 0 amide bonds. The van der Waals surface area contributed by atoms with Crippen LogP contribution in [0, 0.1) is 0 Å². The molecule has 0 unspecified atom stereocenters. The quantitative estimate of drug-likeness (QED) is 0.412. The molecule has 0 aliphatic rings. The Morgan fingerprint density at radius 1 is 1.22 bits per heavy atom. The summed E-state index contributed by atoms with van der Waals surface area (Å²) >= 11 is 1.66. The van der Waals surface area contributed by atoms with Crippen molar-refractivity contribution < 1.29 is 14.3 Å². The zero-order valence-electron chi connectivity index (χ0n) is 11.1. The molecule has 18 heavy (non-hydrogen) atoms. The predicted molar refractivity (Wildman–Crippen MR) is 74.5 cm³/mol. The largest absolute Gasteiger partial charge is 0.376 e. The summed E-state index contributed by atoms with van der Waals surface area (Å²) in [5, 5.41) is 0. The van der Waals surface area contributed by atoms with E-state index in [9.17, 15) is 4.79 Å². The average molecular weight is 268 g/mol. The number of benzene rings is 1. The summed E-state index contributed by atoms with van der Waals surface area (Å²) in [7, 11) is 0. The highest BCUT2D eigenvalue weighted by atomic mass is 32.2. The second kappa shape index (κ2) is 8.29. The number of hydrogen-bond donors (Lipinski definition) is 0. The van der Waals surface area contributed by atoms with Crippen LogP contribution in [0.3, 0.4) is 0 Å². The molecule has 3 nitrogen and oxygen atoms in total. The van der Waals surface area contributed by atoms with Crippen molar-refractivity contribution in [3.05, 3.63) is 29.8 Å². The van der Waals surface area contributed by atoms with Gasteiger partial charge in [0.15, 0.2) is 5.78 Å². The summed E-state index contributed by atoms with van der Waals surface area (Å²) in [5.41, 5.74) is 0.692. The van der Waals surface area contributed by atoms with E-state index < -0.39 is 0 Å². The number of rotatable bonds is 8. The van der Waals surface area contributed by atoms with Crippen molar-refractivity contribution in [2.45, 2.75) is 24.8 Å². The van der Waals surface area contributed by atoms with Gasteiger partial charge in [0.1, 0.15) is 6.61 Å². The van der Waals surface area contributed by atoms with Crippen LogP contribution in [-0.2, 0) is 9.47 Å². The van der Waals surface area contributed by atoms with Gasteiger partial charge >= 0.3 is 0 Å². The van der Waals surface area contributed by atoms with Crippen LogP contribution in [0.2, 0.25) is 0 Å². The molecule has 0 heterocycles. The van der Waals surface area contributed by atoms with Crippen LogP contribution >= 0.6 is 11.8 Å². The first kappa shape index (κ1) is 15.2. The Kier molecular flexibility index (Phi) is 7.01. The minimum atomic E-state index is 0.00667. The Morgan fingerprint density at radius 2 is 1.89 bits per heavy atom. The normalized spacial score (nSPS) is 10.9. The Balaban J connectivity index is 2.27. The lowest BCUT2D eigenvalue weighted by atomic mass is 10.1. The van der Waals surface area contributed by atoms with Gasteiger partial charge in [0.25, 0.3) is 0 Å². The van der Waals surface area contributed by atoms with Gasteiger partial charge in [0.05, 0.1) is 19.3 Å². The molecule has 0 aliphatic carbocycles. The fourth-order valence-corrected chi connectivity index (χ4v) is 1.78. The molecule has 0 radical (unpaired) electrons. The average Bonchev–Trinajstić information content (AvgIpc) is 2.38. The van der Waals surface area contributed by atoms with Crippen molar-refractivity contribution in [2.75, 3.05) is 26.1 Å². The lowest BCUT2D eigenvalue weighted by molar-refractivity contribution is 0.0208. The van der Waals surface area contributed by atoms with E-state index in [0.717, 1.165) is 4.90 Å². The van der Waals surface area contributed by atoms with Gasteiger partial charge in [-0.15, -0.1) is 11.8 Å². The van der Waals surface area contributed by atoms with Gasteiger partial charge in [0.2, 0.25) is 0 Å². The van der Waals surface area contributed by atoms with Crippen molar-refractivity contribution in [3.8, 4) is 0 Å². The van der Waals surface area contributed by atoms with Gasteiger partial charge < -0.3 is 9.47 Å². The smallest absolute Gasteiger partial charge is 0.188 e. The molecule has 1 rings (SSSR count). The third-order valence-electron chi connectivity index (χ3n) is 2.32. The lowest BCUT2D eigenvalue weighted by Crippen LogP contribution is -2.14. The Hall–Kier alpha value is -0.840. The maximum atomic E-state index is 11.8. The lowest BCUT2D eigenvalue weighted by Gasteiger charge is -2.07. The van der Waals surface area contributed by atoms with E-state index in [1.807, 2.05) is 44.4 Å². The molecule has 0 bridgehead atoms. The molecule has 0 fully saturated rings. The number of ether oxygens (including phenoxy) is 2. The van der Waals surface area contributed by atoms with E-state index in [-0.39, 0.29) is 18.5 Å². The molecule has 100 valence electrons. The standard InChI is InChI=1S/C14H20O3S/c1-11(2)17-9-8-16-10-14(15)12-4-6-13(18-3)7-5-12/h4-7,11H,8-10H2,1-3H3. The van der Waals surface area contributed by atoms with Crippen LogP contribution in [0.25, 0.3) is 0 Å². The van der Waals surface area contributed by atoms with Crippen molar-refractivity contribution in [2.24, 2.45) is 0 Å². The van der Waals surface area contributed by atoms with Crippen LogP contribution in [0.4, 0.5) is 0 Å². The van der Waals surface area contributed by atoms with Gasteiger partial charge in [-0.2, -0.15) is 0 Å². The van der Waals surface area contributed by atoms with Gasteiger partial charge in [-0.25, -0.2) is 0 Å². The van der Waals surface area contributed by atoms with Crippen LogP contribution in [-0.4, -0.2) is 38.0 Å². The van der Waals surface area contributed by atoms with Crippen LogP contribution in [0.1, 0.15) is 24.2 Å². The molecule has 0 atom stereocenters. The third-order valence-corrected chi connectivity index (χ3v) is 3.07. The highest BCUT2D eigenvalue weighted by Gasteiger charge is 2.05. The van der Waals surface area contributed by atoms with E-state index in [1.165, 1.54) is 0 Å². The molecule has 1 aromatic rings. The summed E-state index contributed by atoms with van der Waals surface area (Å²) in [5.74, 6) is 0.00667. The first-order chi connectivity index (χ1) is 8.63. The van der Waals surface area contributed by atoms with E-state index in [2.05, 4.69) is 0 Å². The van der Waals surface area contributed by atoms with Crippen LogP contribution < -0.4 is 0 Å². The fraction of sp³-hybridized carbons (Fsp3) is 0.500. The molecule has 0 saturated heterocycles. The van der Waals surface area contributed by atoms with E-state index in [4.69, 9.17) is 9.47 Å². The topological polar surface area (TPSA) is 35.5 Å². The van der Waals surface area contributed by atoms with Crippen molar-refractivity contribution in [1.29, 1.82) is 0 Å². The molecule has 0 N–H and O–H groups in total. The van der Waals surface area contributed by atoms with E-state index >= 15 is 0 Å². The van der Waals surface area contributed by atoms with Crippen molar-refractivity contribution >= 4 is 17.5 Å². The van der Waals surface area contributed by atoms with Gasteiger partial charge in [0, 0.05) is 10.5 Å². The zero-order valence-corrected chi connectivity index (χ0v) is 12.0. The molecule has 4 heteroatoms. The fourth-order valence-electron chi connectivity index (χ4n) is 1.37. The summed E-state index contributed by atoms with van der Waals surface area (Å²) in [6.07, 6.45) is 2.21. The number of thioether (sulfide) groups is 1. The minimum absolute atomic E-state index is 0.00667. The van der Waals surface area contributed by atoms with Crippen molar-refractivity contribution in [1.82, 2.24) is 0 Å². The predicted octanol–water partition coefficient (Wildman–Crippen LogP) is 3.03. The van der Waals surface area contributed by atoms with Gasteiger partial charge in [-0.3, -0.25) is 4.79 Å². The Morgan fingerprint density at radius 3 is 2.44 bits per heavy atom. The van der Waals surface area contributed by atoms with Gasteiger partial charge in [-0.05, 0) is 32.2 Å². The summed E-state index contributed by atoms with van der Waals surface area (Å²) in [6, 6.07) is 7.56. The maximum Gasteiger partial charge on any atom is 0.188 e. The highest BCUT2D eigenvalue weighted by molar-refractivity contribution is 7.98. The Bertz CT molecular complexity index is 360. The van der Waals surface area contributed by atoms with Gasteiger partial charge in [-0.1, -0.05) is 12.1 Å². The molecular weight excluding hydrogens is 248 g/mol. The first-order valence-electron chi connectivity index (χ1n) is 6.00. The Labute approximate surface area is 113 Å². The second-order valence-electron chi connectivity index (χ2n) is 4.12. The third kappa shape index (κ3) is 5.67. The molecule has 1 aromatic carbocycles. The zero-order chi connectivity index (χ0) is 13.4. The molecule has 0 aromatic heterocycles. The van der Waals surface area contributed by atoms with Crippen LogP contribution in [0.5, 0.6) is 0 Å². The molecular formula is C14H20O3S. The highest BCUT2D eigenvalue weighted by Crippen LogP contribution is 2.15. The summed E-state index contributed by atoms with van der Waals surface area (Å²) < 4.78 is 10.6. The number of carbonyl (C=O) groups is 1. The second-order valence-corrected chi connectivity index (χ2v) is 5.00. The molecule has 0 aliphatic heterocycles. The minimum Gasteiger partial charge on any atom is -0.376 e. The van der Waals surface area contributed by atoms with Crippen molar-refractivity contribution in [3.63, 3.8) is 0 Å². The molecule has 0 spiro atoms. The number of Topliss-reactive ketones (excluding diaryl/α,β-unsaturated/α-hetero) is 1. The first-order valence-corrected chi connectivity index (χ1v) is 7.22. The monoisotopic (exact) mass is 268 g/mol. The molecule has 0 saturated carbocycles. The number of carbonyl (C=O) groups excluding carboxylic acids is 1. The van der Waals surface area contributed by atoms with Crippen LogP contribution in [0.15, 0.2) is 29.2 Å². The van der Waals surface area contributed by atoms with E-state index in [0.29, 0.717) is 18.8 Å². The maximum absolute atomic E-state index is 11.8.